The van der Waals surface area contributed by atoms with Crippen LogP contribution in [0.25, 0.3) is 0 Å². The van der Waals surface area contributed by atoms with E-state index in [-0.39, 0.29) is 23.8 Å². The van der Waals surface area contributed by atoms with Gasteiger partial charge in [0.1, 0.15) is 5.76 Å². The Hall–Kier alpha value is -1.89. The summed E-state index contributed by atoms with van der Waals surface area (Å²) >= 11 is 0. The number of likely N-dealkylation sites (tertiary alicyclic amines) is 1. The van der Waals surface area contributed by atoms with Crippen molar-refractivity contribution in [3.63, 3.8) is 0 Å². The molecule has 0 aromatic carbocycles. The summed E-state index contributed by atoms with van der Waals surface area (Å²) in [4.78, 5) is 26.6. The van der Waals surface area contributed by atoms with E-state index in [0.29, 0.717) is 30.6 Å². The summed E-state index contributed by atoms with van der Waals surface area (Å²) in [6.07, 6.45) is 3.96. The molecule has 26 heavy (non-hydrogen) atoms. The molecule has 3 N–H and O–H groups in total. The molecule has 1 aliphatic heterocycles. The molecule has 0 radical (unpaired) electrons. The van der Waals surface area contributed by atoms with Crippen molar-refractivity contribution in [2.45, 2.75) is 64.5 Å². The van der Waals surface area contributed by atoms with Gasteiger partial charge in [-0.3, -0.25) is 9.59 Å². The average Bonchev–Trinajstić information content (AvgIpc) is 3.37. The van der Waals surface area contributed by atoms with Crippen molar-refractivity contribution in [1.29, 1.82) is 0 Å². The second-order valence-electron chi connectivity index (χ2n) is 8.08. The predicted octanol–water partition coefficient (Wildman–Crippen LogP) is 1.89. The molecule has 2 heterocycles. The fraction of sp³-hybridized carbons (Fsp3) is 0.737. The third-order valence-electron chi connectivity index (χ3n) is 5.66. The van der Waals surface area contributed by atoms with Crippen LogP contribution in [0.4, 0.5) is 0 Å². The first-order valence-electron chi connectivity index (χ1n) is 9.68. The molecule has 2 atom stereocenters. The molecule has 2 amide bonds. The van der Waals surface area contributed by atoms with Crippen LogP contribution in [-0.2, 0) is 4.79 Å². The monoisotopic (exact) mass is 362 g/mol. The number of nitrogens with two attached hydrogens (primary N) is 1. The van der Waals surface area contributed by atoms with Crippen LogP contribution >= 0.6 is 0 Å². The summed E-state index contributed by atoms with van der Waals surface area (Å²) in [5.74, 6) is 1.59. The third kappa shape index (κ3) is 4.26. The van der Waals surface area contributed by atoms with Crippen molar-refractivity contribution in [3.05, 3.63) is 17.5 Å². The number of nitrogens with zero attached hydrogens (tertiary/aromatic N) is 2. The van der Waals surface area contributed by atoms with E-state index in [1.54, 1.807) is 6.07 Å². The van der Waals surface area contributed by atoms with Gasteiger partial charge in [0.25, 0.3) is 5.91 Å². The van der Waals surface area contributed by atoms with Gasteiger partial charge in [-0.25, -0.2) is 0 Å². The quantitative estimate of drug-likeness (QED) is 0.805. The number of nitrogens with one attached hydrogen (secondary N) is 1. The Balaban J connectivity index is 1.47. The first-order valence-corrected chi connectivity index (χ1v) is 9.68. The number of piperidine rings is 1. The van der Waals surface area contributed by atoms with Crippen LogP contribution < -0.4 is 11.1 Å². The fourth-order valence-electron chi connectivity index (χ4n) is 3.47. The maximum Gasteiger partial charge on any atom is 0.273 e. The molecule has 2 fully saturated rings. The van der Waals surface area contributed by atoms with E-state index >= 15 is 0 Å². The lowest BCUT2D eigenvalue weighted by molar-refractivity contribution is -0.135. The Morgan fingerprint density at radius 3 is 2.46 bits per heavy atom. The van der Waals surface area contributed by atoms with Crippen LogP contribution in [0.5, 0.6) is 0 Å². The molecular weight excluding hydrogens is 332 g/mol. The minimum absolute atomic E-state index is 0.0274. The Morgan fingerprint density at radius 2 is 1.88 bits per heavy atom. The molecule has 144 valence electrons. The highest BCUT2D eigenvalue weighted by Gasteiger charge is 2.32. The summed E-state index contributed by atoms with van der Waals surface area (Å²) in [7, 11) is 0. The van der Waals surface area contributed by atoms with Crippen molar-refractivity contribution in [2.75, 3.05) is 13.1 Å². The van der Waals surface area contributed by atoms with Gasteiger partial charge in [-0.2, -0.15) is 0 Å². The summed E-state index contributed by atoms with van der Waals surface area (Å²) in [6, 6.07) is 1.35. The van der Waals surface area contributed by atoms with Gasteiger partial charge < -0.3 is 20.5 Å². The van der Waals surface area contributed by atoms with Crippen LogP contribution in [0.2, 0.25) is 0 Å². The summed E-state index contributed by atoms with van der Waals surface area (Å²) < 4.78 is 5.25. The Morgan fingerprint density at radius 1 is 1.23 bits per heavy atom. The van der Waals surface area contributed by atoms with E-state index in [9.17, 15) is 9.59 Å². The second-order valence-corrected chi connectivity index (χ2v) is 8.08. The zero-order valence-electron chi connectivity index (χ0n) is 15.9. The lowest BCUT2D eigenvalue weighted by atomic mass is 9.89. The zero-order valence-corrected chi connectivity index (χ0v) is 15.9. The highest BCUT2D eigenvalue weighted by molar-refractivity contribution is 5.92. The highest BCUT2D eigenvalue weighted by Crippen LogP contribution is 2.40. The van der Waals surface area contributed by atoms with E-state index < -0.39 is 6.04 Å². The van der Waals surface area contributed by atoms with Gasteiger partial charge in [0.05, 0.1) is 6.04 Å². The number of hydrogen-bond donors (Lipinski definition) is 2. The van der Waals surface area contributed by atoms with Gasteiger partial charge >= 0.3 is 0 Å². The molecule has 1 aromatic heterocycles. The van der Waals surface area contributed by atoms with Crippen molar-refractivity contribution < 1.29 is 14.1 Å². The van der Waals surface area contributed by atoms with Gasteiger partial charge in [-0.1, -0.05) is 19.0 Å². The standard InChI is InChI=1S/C19H30N4O3/c1-11(2)17(20)19(25)23-8-6-13(7-9-23)12(3)21-18(24)15-10-16(26-22-15)14-4-5-14/h10-14,17H,4-9,20H2,1-3H3,(H,21,24)/t12?,17-/m0/s1. The lowest BCUT2D eigenvalue weighted by Gasteiger charge is -2.36. The predicted molar refractivity (Wildman–Crippen MR) is 97.5 cm³/mol. The van der Waals surface area contributed by atoms with E-state index in [2.05, 4.69) is 10.5 Å². The number of rotatable bonds is 6. The highest BCUT2D eigenvalue weighted by atomic mass is 16.5. The number of amides is 2. The molecular formula is C19H30N4O3. The minimum atomic E-state index is -0.434. The first-order chi connectivity index (χ1) is 12.4. The van der Waals surface area contributed by atoms with Crippen LogP contribution in [0, 0.1) is 11.8 Å². The first kappa shape index (κ1) is 18.9. The second kappa shape index (κ2) is 7.78. The van der Waals surface area contributed by atoms with Gasteiger partial charge in [0.2, 0.25) is 5.91 Å². The number of carbonyl (C=O) groups excluding carboxylic acids is 2. The normalized spacial score (nSPS) is 20.9. The molecule has 1 saturated heterocycles. The third-order valence-corrected chi connectivity index (χ3v) is 5.66. The average molecular weight is 362 g/mol. The summed E-state index contributed by atoms with van der Waals surface area (Å²) in [5, 5.41) is 6.93. The van der Waals surface area contributed by atoms with Crippen LogP contribution in [0.1, 0.15) is 68.6 Å². The fourth-order valence-corrected chi connectivity index (χ4v) is 3.47. The molecule has 7 nitrogen and oxygen atoms in total. The van der Waals surface area contributed by atoms with E-state index in [0.717, 1.165) is 31.4 Å². The summed E-state index contributed by atoms with van der Waals surface area (Å²) in [6.45, 7) is 7.33. The Kier molecular flexibility index (Phi) is 5.65. The topological polar surface area (TPSA) is 101 Å². The molecule has 7 heteroatoms. The van der Waals surface area contributed by atoms with Crippen molar-refractivity contribution in [2.24, 2.45) is 17.6 Å². The van der Waals surface area contributed by atoms with E-state index in [1.807, 2.05) is 25.7 Å². The molecule has 2 aliphatic rings. The largest absolute Gasteiger partial charge is 0.360 e. The van der Waals surface area contributed by atoms with E-state index in [4.69, 9.17) is 10.3 Å². The molecule has 1 unspecified atom stereocenters. The maximum atomic E-state index is 12.4. The molecule has 0 bridgehead atoms. The summed E-state index contributed by atoms with van der Waals surface area (Å²) in [5.41, 5.74) is 6.33. The van der Waals surface area contributed by atoms with Gasteiger partial charge in [0, 0.05) is 31.1 Å². The molecule has 1 aromatic rings. The molecule has 1 saturated carbocycles. The molecule has 1 aliphatic carbocycles. The number of hydrogen-bond acceptors (Lipinski definition) is 5. The molecule has 3 rings (SSSR count). The lowest BCUT2D eigenvalue weighted by Crippen LogP contribution is -2.51. The number of carbonyl (C=O) groups is 2. The van der Waals surface area contributed by atoms with Gasteiger partial charge in [0.15, 0.2) is 5.69 Å². The van der Waals surface area contributed by atoms with Crippen molar-refractivity contribution in [1.82, 2.24) is 15.4 Å². The van der Waals surface area contributed by atoms with Gasteiger partial charge in [-0.05, 0) is 44.4 Å². The Labute approximate surface area is 154 Å². The zero-order chi connectivity index (χ0) is 18.8. The minimum Gasteiger partial charge on any atom is -0.360 e. The SMILES string of the molecule is CC(NC(=O)c1cc(C2CC2)on1)C1CCN(C(=O)[C@@H](N)C(C)C)CC1. The smallest absolute Gasteiger partial charge is 0.273 e. The maximum absolute atomic E-state index is 12.4. The van der Waals surface area contributed by atoms with Crippen LogP contribution in [0.15, 0.2) is 10.6 Å². The number of aromatic nitrogens is 1. The van der Waals surface area contributed by atoms with Gasteiger partial charge in [-0.15, -0.1) is 0 Å². The van der Waals surface area contributed by atoms with Crippen LogP contribution in [0.3, 0.4) is 0 Å². The molecule has 0 spiro atoms. The van der Waals surface area contributed by atoms with E-state index in [1.165, 1.54) is 0 Å². The Bertz CT molecular complexity index is 645. The van der Waals surface area contributed by atoms with Crippen molar-refractivity contribution in [3.8, 4) is 0 Å². The van der Waals surface area contributed by atoms with Crippen molar-refractivity contribution >= 4 is 11.8 Å². The van der Waals surface area contributed by atoms with Crippen LogP contribution in [-0.4, -0.2) is 47.0 Å².